The monoisotopic (exact) mass is 195 g/mol. The molecule has 80 valence electrons. The van der Waals surface area contributed by atoms with Crippen LogP contribution in [0.4, 0.5) is 5.82 Å². The third-order valence-electron chi connectivity index (χ3n) is 2.80. The van der Waals surface area contributed by atoms with Crippen LogP contribution in [0.15, 0.2) is 0 Å². The molecule has 1 aromatic rings. The van der Waals surface area contributed by atoms with Crippen LogP contribution in [0.3, 0.4) is 0 Å². The Morgan fingerprint density at radius 3 is 2.57 bits per heavy atom. The van der Waals surface area contributed by atoms with Gasteiger partial charge >= 0.3 is 0 Å². The van der Waals surface area contributed by atoms with Crippen LogP contribution >= 0.6 is 0 Å². The minimum absolute atomic E-state index is 0.514. The average Bonchev–Trinajstić information content (AvgIpc) is 2.45. The molecule has 1 atom stereocenters. The number of aryl methyl sites for hydroxylation is 1. The highest BCUT2D eigenvalue weighted by Crippen LogP contribution is 2.26. The summed E-state index contributed by atoms with van der Waals surface area (Å²) in [5.74, 6) is 1.35. The first-order valence-corrected chi connectivity index (χ1v) is 5.43. The minimum Gasteiger partial charge on any atom is -0.384 e. The van der Waals surface area contributed by atoms with Crippen molar-refractivity contribution in [1.82, 2.24) is 9.78 Å². The van der Waals surface area contributed by atoms with Crippen molar-refractivity contribution in [2.45, 2.75) is 46.0 Å². The first-order valence-electron chi connectivity index (χ1n) is 5.43. The Morgan fingerprint density at radius 2 is 2.07 bits per heavy atom. The third kappa shape index (κ3) is 1.91. The largest absolute Gasteiger partial charge is 0.384 e. The first kappa shape index (κ1) is 11.1. The molecule has 14 heavy (non-hydrogen) atoms. The topological polar surface area (TPSA) is 43.8 Å². The van der Waals surface area contributed by atoms with Crippen LogP contribution in [-0.2, 0) is 13.5 Å². The van der Waals surface area contributed by atoms with E-state index in [1.54, 1.807) is 4.68 Å². The van der Waals surface area contributed by atoms with Crippen molar-refractivity contribution in [2.75, 3.05) is 5.73 Å². The minimum atomic E-state index is 0.514. The molecule has 1 unspecified atom stereocenters. The lowest BCUT2D eigenvalue weighted by Crippen LogP contribution is -1.99. The normalized spacial score (nSPS) is 13.1. The predicted molar refractivity (Wildman–Crippen MR) is 60.3 cm³/mol. The zero-order valence-corrected chi connectivity index (χ0v) is 9.67. The SMILES string of the molecule is CCCc1c(C(C)CC)nn(C)c1N. The van der Waals surface area contributed by atoms with E-state index in [9.17, 15) is 0 Å². The molecule has 1 rings (SSSR count). The highest BCUT2D eigenvalue weighted by Gasteiger charge is 2.16. The van der Waals surface area contributed by atoms with Crippen LogP contribution in [0.25, 0.3) is 0 Å². The van der Waals surface area contributed by atoms with Gasteiger partial charge in [-0.25, -0.2) is 0 Å². The van der Waals surface area contributed by atoms with Crippen molar-refractivity contribution in [3.05, 3.63) is 11.3 Å². The van der Waals surface area contributed by atoms with E-state index in [1.807, 2.05) is 7.05 Å². The molecule has 3 heteroatoms. The molecule has 0 radical (unpaired) electrons. The zero-order chi connectivity index (χ0) is 10.7. The second kappa shape index (κ2) is 4.49. The van der Waals surface area contributed by atoms with Gasteiger partial charge in [-0.05, 0) is 12.8 Å². The van der Waals surface area contributed by atoms with Crippen molar-refractivity contribution < 1.29 is 0 Å². The van der Waals surface area contributed by atoms with E-state index in [2.05, 4.69) is 25.9 Å². The number of hydrogen-bond donors (Lipinski definition) is 1. The Hall–Kier alpha value is -0.990. The number of hydrogen-bond acceptors (Lipinski definition) is 2. The zero-order valence-electron chi connectivity index (χ0n) is 9.67. The first-order chi connectivity index (χ1) is 6.61. The lowest BCUT2D eigenvalue weighted by atomic mass is 9.98. The standard InChI is InChI=1S/C11H21N3/c1-5-7-9-10(8(3)6-2)13-14(4)11(9)12/h8H,5-7,12H2,1-4H3. The van der Waals surface area contributed by atoms with Gasteiger partial charge in [0, 0.05) is 18.5 Å². The molecule has 2 N–H and O–H groups in total. The van der Waals surface area contributed by atoms with Crippen molar-refractivity contribution in [3.8, 4) is 0 Å². The Bertz CT molecular complexity index is 302. The Morgan fingerprint density at radius 1 is 1.43 bits per heavy atom. The molecule has 0 saturated carbocycles. The molecule has 0 amide bonds. The van der Waals surface area contributed by atoms with Crippen LogP contribution in [0.5, 0.6) is 0 Å². The second-order valence-electron chi connectivity index (χ2n) is 3.93. The average molecular weight is 195 g/mol. The van der Waals surface area contributed by atoms with Gasteiger partial charge in [0.25, 0.3) is 0 Å². The fourth-order valence-corrected chi connectivity index (χ4v) is 1.70. The molecule has 3 nitrogen and oxygen atoms in total. The van der Waals surface area contributed by atoms with E-state index < -0.39 is 0 Å². The number of anilines is 1. The smallest absolute Gasteiger partial charge is 0.124 e. The molecule has 0 aromatic carbocycles. The molecule has 0 aliphatic heterocycles. The number of rotatable bonds is 4. The van der Waals surface area contributed by atoms with Gasteiger partial charge in [0.1, 0.15) is 5.82 Å². The summed E-state index contributed by atoms with van der Waals surface area (Å²) in [6.45, 7) is 6.57. The Balaban J connectivity index is 3.08. The molecule has 0 spiro atoms. The van der Waals surface area contributed by atoms with E-state index in [-0.39, 0.29) is 0 Å². The van der Waals surface area contributed by atoms with Crippen LogP contribution in [0.2, 0.25) is 0 Å². The van der Waals surface area contributed by atoms with E-state index in [0.29, 0.717) is 5.92 Å². The molecule has 0 fully saturated rings. The fraction of sp³-hybridized carbons (Fsp3) is 0.727. The van der Waals surface area contributed by atoms with Gasteiger partial charge in [-0.2, -0.15) is 5.10 Å². The van der Waals surface area contributed by atoms with Crippen molar-refractivity contribution >= 4 is 5.82 Å². The highest BCUT2D eigenvalue weighted by atomic mass is 15.3. The fourth-order valence-electron chi connectivity index (χ4n) is 1.70. The summed E-state index contributed by atoms with van der Waals surface area (Å²) in [6.07, 6.45) is 3.28. The maximum atomic E-state index is 5.98. The second-order valence-corrected chi connectivity index (χ2v) is 3.93. The van der Waals surface area contributed by atoms with E-state index in [4.69, 9.17) is 5.73 Å². The Kier molecular flexibility index (Phi) is 3.55. The Labute approximate surface area is 86.3 Å². The summed E-state index contributed by atoms with van der Waals surface area (Å²) in [5, 5.41) is 4.49. The van der Waals surface area contributed by atoms with Gasteiger partial charge in [0.2, 0.25) is 0 Å². The van der Waals surface area contributed by atoms with Gasteiger partial charge in [-0.1, -0.05) is 27.2 Å². The van der Waals surface area contributed by atoms with Crippen molar-refractivity contribution in [2.24, 2.45) is 7.05 Å². The highest BCUT2D eigenvalue weighted by molar-refractivity contribution is 5.44. The quantitative estimate of drug-likeness (QED) is 0.802. The number of nitrogen functional groups attached to an aromatic ring is 1. The van der Waals surface area contributed by atoms with E-state index in [0.717, 1.165) is 25.1 Å². The predicted octanol–water partition coefficient (Wildman–Crippen LogP) is 2.47. The van der Waals surface area contributed by atoms with Gasteiger partial charge < -0.3 is 5.73 Å². The maximum Gasteiger partial charge on any atom is 0.124 e. The van der Waals surface area contributed by atoms with Crippen LogP contribution in [0, 0.1) is 0 Å². The van der Waals surface area contributed by atoms with Crippen molar-refractivity contribution in [3.63, 3.8) is 0 Å². The molecule has 0 bridgehead atoms. The van der Waals surface area contributed by atoms with Gasteiger partial charge in [-0.3, -0.25) is 4.68 Å². The molecular weight excluding hydrogens is 174 g/mol. The molecule has 0 saturated heterocycles. The lowest BCUT2D eigenvalue weighted by Gasteiger charge is -2.07. The number of aromatic nitrogens is 2. The van der Waals surface area contributed by atoms with Gasteiger partial charge in [0.15, 0.2) is 0 Å². The molecule has 0 aliphatic rings. The molecule has 0 aliphatic carbocycles. The van der Waals surface area contributed by atoms with Crippen LogP contribution in [-0.4, -0.2) is 9.78 Å². The van der Waals surface area contributed by atoms with Crippen LogP contribution < -0.4 is 5.73 Å². The van der Waals surface area contributed by atoms with E-state index in [1.165, 1.54) is 11.3 Å². The molecule has 1 aromatic heterocycles. The molecular formula is C11H21N3. The van der Waals surface area contributed by atoms with Gasteiger partial charge in [-0.15, -0.1) is 0 Å². The number of nitrogens with zero attached hydrogens (tertiary/aromatic N) is 2. The maximum absolute atomic E-state index is 5.98. The third-order valence-corrected chi connectivity index (χ3v) is 2.80. The summed E-state index contributed by atoms with van der Waals surface area (Å²) >= 11 is 0. The molecule has 1 heterocycles. The van der Waals surface area contributed by atoms with Crippen molar-refractivity contribution in [1.29, 1.82) is 0 Å². The summed E-state index contributed by atoms with van der Waals surface area (Å²) in [7, 11) is 1.92. The summed E-state index contributed by atoms with van der Waals surface area (Å²) in [6, 6.07) is 0. The lowest BCUT2D eigenvalue weighted by molar-refractivity contribution is 0.662. The number of nitrogens with two attached hydrogens (primary N) is 1. The van der Waals surface area contributed by atoms with Gasteiger partial charge in [0.05, 0.1) is 5.69 Å². The summed E-state index contributed by atoms with van der Waals surface area (Å²) in [5.41, 5.74) is 8.43. The van der Waals surface area contributed by atoms with E-state index >= 15 is 0 Å². The summed E-state index contributed by atoms with van der Waals surface area (Å²) < 4.78 is 1.80. The van der Waals surface area contributed by atoms with Crippen LogP contribution in [0.1, 0.15) is 50.8 Å². The summed E-state index contributed by atoms with van der Waals surface area (Å²) in [4.78, 5) is 0.